The fraction of sp³-hybridized carbons (Fsp3) is 0.312. The Bertz CT molecular complexity index is 1980. The minimum Gasteiger partial charge on any atom is -0.545 e. The van der Waals surface area contributed by atoms with Crippen molar-refractivity contribution in [1.29, 1.82) is 0 Å². The van der Waals surface area contributed by atoms with E-state index in [-0.39, 0.29) is 57.9 Å². The number of nitrogens with zero attached hydrogens (tertiary/aromatic N) is 4. The molecule has 6 rings (SSSR count). The van der Waals surface area contributed by atoms with E-state index in [1.54, 1.807) is 12.1 Å². The Labute approximate surface area is 257 Å². The predicted octanol–water partition coefficient (Wildman–Crippen LogP) is 3.20. The van der Waals surface area contributed by atoms with Crippen molar-refractivity contribution < 1.29 is 50.6 Å². The molecule has 3 heterocycles. The average Bonchev–Trinajstić information content (AvgIpc) is 2.97. The van der Waals surface area contributed by atoms with Crippen LogP contribution in [0.25, 0.3) is 11.1 Å². The molecule has 8 nitrogen and oxygen atoms in total. The first-order chi connectivity index (χ1) is 21.7. The van der Waals surface area contributed by atoms with Gasteiger partial charge in [0.05, 0.1) is 12.0 Å². The number of fused-ring (bicyclic) bond motifs is 4. The van der Waals surface area contributed by atoms with E-state index in [0.717, 1.165) is 6.07 Å². The second-order valence-electron chi connectivity index (χ2n) is 11.4. The molecule has 46 heavy (non-hydrogen) atoms. The lowest BCUT2D eigenvalue weighted by molar-refractivity contribution is -0.255. The summed E-state index contributed by atoms with van der Waals surface area (Å²) in [7, 11) is 0. The smallest absolute Gasteiger partial charge is 0.448 e. The molecular weight excluding hydrogens is 618 g/mol. The molecule has 0 saturated heterocycles. The lowest BCUT2D eigenvalue weighted by Gasteiger charge is -2.34. The van der Waals surface area contributed by atoms with Crippen molar-refractivity contribution in [2.24, 2.45) is 0 Å². The van der Waals surface area contributed by atoms with Gasteiger partial charge in [0, 0.05) is 52.2 Å². The second kappa shape index (κ2) is 11.4. The Kier molecular flexibility index (Phi) is 7.71. The summed E-state index contributed by atoms with van der Waals surface area (Å²) in [5.41, 5.74) is 10.8. The number of carbonyl (C=O) groups excluding carboxylic acids is 2. The Morgan fingerprint density at radius 3 is 2.41 bits per heavy atom. The number of Topliss-reactive ketones (excluding diaryl/α,β-unsaturated/α-hetero) is 1. The summed E-state index contributed by atoms with van der Waals surface area (Å²) in [5.74, 6) is -2.19. The molecule has 0 amide bonds. The second-order valence-corrected chi connectivity index (χ2v) is 11.4. The highest BCUT2D eigenvalue weighted by atomic mass is 19.4. The Morgan fingerprint density at radius 2 is 1.72 bits per heavy atom. The van der Waals surface area contributed by atoms with Gasteiger partial charge in [0.15, 0.2) is 0 Å². The maximum absolute atomic E-state index is 13.5. The van der Waals surface area contributed by atoms with Gasteiger partial charge >= 0.3 is 18.6 Å². The van der Waals surface area contributed by atoms with Gasteiger partial charge in [-0.3, -0.25) is 4.79 Å². The summed E-state index contributed by atoms with van der Waals surface area (Å²) in [4.78, 5) is 29.0. The molecule has 0 radical (unpaired) electrons. The first-order valence-electron chi connectivity index (χ1n) is 14.3. The molecular formula is C32H24F6N4O4. The SMILES string of the molecule is [N-]=[N+]=CC(=O)c1ccc(C(=O)[O-])cc1C1=c2cc3c(cc2Oc2cc4c(cc21)CCCN4CC(F)(F)F)=[N+](CC(F)(F)F)CCC3. The van der Waals surface area contributed by atoms with Crippen molar-refractivity contribution in [2.75, 3.05) is 31.1 Å². The molecule has 238 valence electrons. The molecule has 3 aromatic carbocycles. The number of alkyl halides is 6. The van der Waals surface area contributed by atoms with Crippen molar-refractivity contribution in [3.8, 4) is 11.5 Å². The zero-order valence-corrected chi connectivity index (χ0v) is 24.0. The first kappa shape index (κ1) is 31.0. The molecule has 0 spiro atoms. The molecule has 0 atom stereocenters. The highest BCUT2D eigenvalue weighted by Gasteiger charge is 2.37. The molecule has 0 N–H and O–H groups in total. The van der Waals surface area contributed by atoms with E-state index in [0.29, 0.717) is 53.8 Å². The monoisotopic (exact) mass is 642 g/mol. The highest BCUT2D eigenvalue weighted by molar-refractivity contribution is 6.34. The van der Waals surface area contributed by atoms with Crippen LogP contribution in [-0.2, 0) is 12.8 Å². The number of hydrogen-bond acceptors (Lipinski definition) is 5. The van der Waals surface area contributed by atoms with Crippen LogP contribution in [0.3, 0.4) is 0 Å². The third kappa shape index (κ3) is 6.00. The van der Waals surface area contributed by atoms with Crippen LogP contribution < -0.4 is 29.9 Å². The number of benzene rings is 3. The summed E-state index contributed by atoms with van der Waals surface area (Å²) in [5, 5.41) is 12.5. The number of rotatable bonds is 6. The normalized spacial score (nSPS) is 15.6. The third-order valence-corrected chi connectivity index (χ3v) is 8.26. The molecule has 0 aromatic heterocycles. The highest BCUT2D eigenvalue weighted by Crippen LogP contribution is 2.43. The molecule has 3 aromatic rings. The van der Waals surface area contributed by atoms with Gasteiger partial charge in [-0.25, -0.2) is 4.58 Å². The number of carboxylic acid groups (broad SMARTS) is 1. The van der Waals surface area contributed by atoms with Crippen LogP contribution in [0.5, 0.6) is 11.5 Å². The maximum Gasteiger partial charge on any atom is 0.448 e. The van der Waals surface area contributed by atoms with Gasteiger partial charge in [-0.05, 0) is 60.2 Å². The van der Waals surface area contributed by atoms with E-state index >= 15 is 0 Å². The number of ketones is 1. The number of ether oxygens (including phenoxy) is 1. The fourth-order valence-electron chi connectivity index (χ4n) is 6.47. The van der Waals surface area contributed by atoms with Crippen molar-refractivity contribution >= 4 is 29.2 Å². The van der Waals surface area contributed by atoms with Crippen molar-refractivity contribution in [3.05, 3.63) is 92.0 Å². The van der Waals surface area contributed by atoms with Crippen molar-refractivity contribution in [1.82, 2.24) is 4.58 Å². The standard InChI is InChI=1S/C32H24F6N4O4/c33-31(34,35)15-41-7-1-3-17-9-22-27(12-24(17)41)46-28-13-25-18(4-2-8-42(25)16-32(36,37)38)10-23(28)29(22)21-11-19(30(44)45)5-6-20(21)26(43)14-40-39/h5-6,9-14H,1-4,7-8,15-16H2. The minimum atomic E-state index is -4.49. The maximum atomic E-state index is 13.5. The third-order valence-electron chi connectivity index (χ3n) is 8.26. The lowest BCUT2D eigenvalue weighted by Crippen LogP contribution is -2.43. The van der Waals surface area contributed by atoms with Crippen LogP contribution in [0, 0.1) is 0 Å². The summed E-state index contributed by atoms with van der Waals surface area (Å²) in [6, 6.07) is 9.71. The molecule has 3 aliphatic heterocycles. The van der Waals surface area contributed by atoms with E-state index in [2.05, 4.69) is 4.79 Å². The van der Waals surface area contributed by atoms with Gasteiger partial charge in [-0.1, -0.05) is 6.07 Å². The Morgan fingerprint density at radius 1 is 0.957 bits per heavy atom. The zero-order chi connectivity index (χ0) is 33.0. The van der Waals surface area contributed by atoms with Gasteiger partial charge in [0.1, 0.15) is 24.6 Å². The van der Waals surface area contributed by atoms with Crippen LogP contribution >= 0.6 is 0 Å². The van der Waals surface area contributed by atoms with E-state index in [1.165, 1.54) is 33.7 Å². The fourth-order valence-corrected chi connectivity index (χ4v) is 6.47. The average molecular weight is 643 g/mol. The summed E-state index contributed by atoms with van der Waals surface area (Å²) >= 11 is 0. The molecule has 0 unspecified atom stereocenters. The van der Waals surface area contributed by atoms with Crippen LogP contribution in [0.4, 0.5) is 32.0 Å². The number of carbonyl (C=O) groups is 2. The number of aryl methyl sites for hydroxylation is 2. The van der Waals surface area contributed by atoms with Crippen LogP contribution in [0.1, 0.15) is 55.8 Å². The molecule has 0 saturated carbocycles. The number of hydrogen-bond donors (Lipinski definition) is 0. The molecule has 0 bridgehead atoms. The molecule has 0 fully saturated rings. The van der Waals surface area contributed by atoms with E-state index in [9.17, 15) is 41.0 Å². The van der Waals surface area contributed by atoms with Gasteiger partial charge in [0.25, 0.3) is 5.78 Å². The van der Waals surface area contributed by atoms with E-state index in [1.807, 2.05) is 0 Å². The zero-order valence-electron chi connectivity index (χ0n) is 24.0. The number of halogens is 6. The number of anilines is 1. The van der Waals surface area contributed by atoms with E-state index < -0.39 is 37.2 Å². The van der Waals surface area contributed by atoms with Crippen molar-refractivity contribution in [2.45, 2.75) is 38.0 Å². The first-order valence-corrected chi connectivity index (χ1v) is 14.3. The lowest BCUT2D eigenvalue weighted by atomic mass is 9.85. The number of carboxylic acids is 1. The largest absolute Gasteiger partial charge is 0.545 e. The van der Waals surface area contributed by atoms with Gasteiger partial charge in [0.2, 0.25) is 11.9 Å². The predicted molar refractivity (Wildman–Crippen MR) is 151 cm³/mol. The molecule has 3 aliphatic rings. The van der Waals surface area contributed by atoms with Crippen molar-refractivity contribution in [3.63, 3.8) is 0 Å². The van der Waals surface area contributed by atoms with E-state index in [4.69, 9.17) is 10.3 Å². The van der Waals surface area contributed by atoms with Gasteiger partial charge in [-0.2, -0.15) is 31.1 Å². The van der Waals surface area contributed by atoms with Crippen LogP contribution in [0.15, 0.2) is 42.5 Å². The quantitative estimate of drug-likeness (QED) is 0.0802. The van der Waals surface area contributed by atoms with Gasteiger partial charge in [-0.15, -0.1) is 0 Å². The molecule has 14 heteroatoms. The Hall–Kier alpha value is -4.97. The summed E-state index contributed by atoms with van der Waals surface area (Å²) in [6.07, 6.45) is -6.66. The van der Waals surface area contributed by atoms with Gasteiger partial charge < -0.3 is 25.1 Å². The summed E-state index contributed by atoms with van der Waals surface area (Å²) < 4.78 is 88.3. The number of aromatic carboxylic acids is 1. The summed E-state index contributed by atoms with van der Waals surface area (Å²) in [6.45, 7) is -2.16. The molecule has 0 aliphatic carbocycles. The van der Waals surface area contributed by atoms with Crippen LogP contribution in [0.2, 0.25) is 0 Å². The topological polar surface area (TPSA) is 109 Å². The Balaban J connectivity index is 1.70. The van der Waals surface area contributed by atoms with Crippen LogP contribution in [-0.4, -0.2) is 61.3 Å². The minimum absolute atomic E-state index is 0.0653.